The number of carbonyl (C=O) groups excluding carboxylic acids is 1. The molecule has 28 heavy (non-hydrogen) atoms. The minimum absolute atomic E-state index is 0.0260. The molecule has 1 amide bonds. The van der Waals surface area contributed by atoms with Gasteiger partial charge in [0.15, 0.2) is 0 Å². The number of para-hydroxylation sites is 1. The zero-order valence-electron chi connectivity index (χ0n) is 15.0. The lowest BCUT2D eigenvalue weighted by atomic mass is 10.1. The number of nitrogens with one attached hydrogen (secondary N) is 2. The topological polar surface area (TPSA) is 54.0 Å². The lowest BCUT2D eigenvalue weighted by molar-refractivity contribution is -0.136. The number of hydrogen-bond acceptors (Lipinski definition) is 3. The molecule has 0 aliphatic heterocycles. The summed E-state index contributed by atoms with van der Waals surface area (Å²) in [4.78, 5) is 16.3. The number of pyridine rings is 1. The molecule has 0 aliphatic rings. The number of hydrogen-bond donors (Lipinski definition) is 2. The summed E-state index contributed by atoms with van der Waals surface area (Å²) in [6, 6.07) is 16.0. The number of aryl methyl sites for hydroxylation is 1. The normalized spacial score (nSPS) is 11.1. The lowest BCUT2D eigenvalue weighted by Crippen LogP contribution is -2.17. The van der Waals surface area contributed by atoms with Crippen molar-refractivity contribution in [2.24, 2.45) is 0 Å². The standard InChI is InChI=1S/C21H18F3N3O/c1-14-5-4-6-15(11-14)12-25-16-9-10-19(26-13-16)20(28)27-18-8-3-2-7-17(18)21(22,23)24/h2-11,13,25H,12H2,1H3,(H,27,28). The fourth-order valence-corrected chi connectivity index (χ4v) is 2.68. The van der Waals surface area contributed by atoms with Crippen LogP contribution in [0.25, 0.3) is 0 Å². The van der Waals surface area contributed by atoms with Crippen LogP contribution in [0.15, 0.2) is 66.9 Å². The van der Waals surface area contributed by atoms with Crippen molar-refractivity contribution in [1.29, 1.82) is 0 Å². The minimum atomic E-state index is -4.55. The first-order valence-electron chi connectivity index (χ1n) is 8.56. The summed E-state index contributed by atoms with van der Waals surface area (Å²) in [5, 5.41) is 5.47. The van der Waals surface area contributed by atoms with Gasteiger partial charge in [-0.1, -0.05) is 42.0 Å². The quantitative estimate of drug-likeness (QED) is 0.629. The van der Waals surface area contributed by atoms with E-state index in [-0.39, 0.29) is 11.4 Å². The van der Waals surface area contributed by atoms with E-state index in [0.717, 1.165) is 17.2 Å². The van der Waals surface area contributed by atoms with Crippen LogP contribution in [0.4, 0.5) is 24.5 Å². The van der Waals surface area contributed by atoms with E-state index in [2.05, 4.69) is 21.7 Å². The first-order valence-corrected chi connectivity index (χ1v) is 8.56. The van der Waals surface area contributed by atoms with E-state index >= 15 is 0 Å². The summed E-state index contributed by atoms with van der Waals surface area (Å²) >= 11 is 0. The molecule has 1 heterocycles. The monoisotopic (exact) mass is 385 g/mol. The van der Waals surface area contributed by atoms with E-state index in [1.807, 2.05) is 25.1 Å². The summed E-state index contributed by atoms with van der Waals surface area (Å²) in [5.41, 5.74) is 1.78. The molecule has 0 fully saturated rings. The number of anilines is 2. The van der Waals surface area contributed by atoms with Gasteiger partial charge in [0.1, 0.15) is 5.69 Å². The number of rotatable bonds is 5. The Morgan fingerprint density at radius 2 is 1.82 bits per heavy atom. The zero-order chi connectivity index (χ0) is 20.1. The third-order valence-electron chi connectivity index (χ3n) is 4.06. The van der Waals surface area contributed by atoms with Gasteiger partial charge in [-0.25, -0.2) is 4.98 Å². The molecule has 0 spiro atoms. The van der Waals surface area contributed by atoms with Crippen LogP contribution < -0.4 is 10.6 Å². The maximum atomic E-state index is 13.0. The fourth-order valence-electron chi connectivity index (χ4n) is 2.68. The van der Waals surface area contributed by atoms with Crippen LogP contribution in [0, 0.1) is 6.92 Å². The third kappa shape index (κ3) is 4.88. The summed E-state index contributed by atoms with van der Waals surface area (Å²) < 4.78 is 39.1. The minimum Gasteiger partial charge on any atom is -0.380 e. The molecule has 3 rings (SSSR count). The average Bonchev–Trinajstić information content (AvgIpc) is 2.66. The Labute approximate surface area is 160 Å². The van der Waals surface area contributed by atoms with E-state index in [1.54, 1.807) is 6.07 Å². The Hall–Kier alpha value is -3.35. The predicted octanol–water partition coefficient (Wildman–Crippen LogP) is 5.27. The second-order valence-corrected chi connectivity index (χ2v) is 6.27. The highest BCUT2D eigenvalue weighted by Crippen LogP contribution is 2.34. The Balaban J connectivity index is 1.66. The molecular weight excluding hydrogens is 367 g/mol. The van der Waals surface area contributed by atoms with E-state index in [9.17, 15) is 18.0 Å². The van der Waals surface area contributed by atoms with Crippen molar-refractivity contribution in [3.63, 3.8) is 0 Å². The van der Waals surface area contributed by atoms with Gasteiger partial charge in [-0.2, -0.15) is 13.2 Å². The van der Waals surface area contributed by atoms with Crippen molar-refractivity contribution in [2.45, 2.75) is 19.6 Å². The third-order valence-corrected chi connectivity index (χ3v) is 4.06. The molecule has 0 atom stereocenters. The van der Waals surface area contributed by atoms with Crippen LogP contribution in [-0.4, -0.2) is 10.9 Å². The van der Waals surface area contributed by atoms with Gasteiger partial charge >= 0.3 is 6.18 Å². The molecule has 3 aromatic rings. The number of amides is 1. The maximum Gasteiger partial charge on any atom is 0.418 e. The number of carbonyl (C=O) groups is 1. The van der Waals surface area contributed by atoms with Crippen molar-refractivity contribution >= 4 is 17.3 Å². The summed E-state index contributed by atoms with van der Waals surface area (Å²) in [5.74, 6) is -0.707. The highest BCUT2D eigenvalue weighted by Gasteiger charge is 2.33. The molecule has 0 unspecified atom stereocenters. The molecule has 2 aromatic carbocycles. The van der Waals surface area contributed by atoms with Crippen molar-refractivity contribution in [2.75, 3.05) is 10.6 Å². The second-order valence-electron chi connectivity index (χ2n) is 6.27. The van der Waals surface area contributed by atoms with Crippen molar-refractivity contribution in [3.8, 4) is 0 Å². The van der Waals surface area contributed by atoms with Crippen LogP contribution >= 0.6 is 0 Å². The zero-order valence-corrected chi connectivity index (χ0v) is 15.0. The Kier molecular flexibility index (Phi) is 5.63. The SMILES string of the molecule is Cc1cccc(CNc2ccc(C(=O)Nc3ccccc3C(F)(F)F)nc2)c1. The van der Waals surface area contributed by atoms with Crippen molar-refractivity contribution in [3.05, 3.63) is 89.2 Å². The van der Waals surface area contributed by atoms with Gasteiger partial charge in [0.25, 0.3) is 5.91 Å². The number of alkyl halides is 3. The first-order chi connectivity index (χ1) is 13.3. The summed E-state index contributed by atoms with van der Waals surface area (Å²) in [7, 11) is 0. The van der Waals surface area contributed by atoms with Gasteiger partial charge < -0.3 is 10.6 Å². The Morgan fingerprint density at radius 3 is 2.50 bits per heavy atom. The molecule has 7 heteroatoms. The molecule has 144 valence electrons. The number of benzene rings is 2. The van der Waals surface area contributed by atoms with Gasteiger partial charge in [0.2, 0.25) is 0 Å². The van der Waals surface area contributed by atoms with Gasteiger partial charge in [-0.05, 0) is 36.8 Å². The van der Waals surface area contributed by atoms with Gasteiger partial charge in [-0.15, -0.1) is 0 Å². The van der Waals surface area contributed by atoms with Crippen molar-refractivity contribution < 1.29 is 18.0 Å². The predicted molar refractivity (Wildman–Crippen MR) is 102 cm³/mol. The summed E-state index contributed by atoms with van der Waals surface area (Å²) in [6.07, 6.45) is -3.08. The Morgan fingerprint density at radius 1 is 1.04 bits per heavy atom. The maximum absolute atomic E-state index is 13.0. The van der Waals surface area contributed by atoms with Crippen LogP contribution in [0.3, 0.4) is 0 Å². The summed E-state index contributed by atoms with van der Waals surface area (Å²) in [6.45, 7) is 2.60. The number of aromatic nitrogens is 1. The highest BCUT2D eigenvalue weighted by atomic mass is 19.4. The van der Waals surface area contributed by atoms with Crippen LogP contribution in [0.5, 0.6) is 0 Å². The molecule has 0 saturated heterocycles. The smallest absolute Gasteiger partial charge is 0.380 e. The molecular formula is C21H18F3N3O. The highest BCUT2D eigenvalue weighted by molar-refractivity contribution is 6.03. The molecule has 0 aliphatic carbocycles. The molecule has 1 aromatic heterocycles. The first kappa shape index (κ1) is 19.4. The second kappa shape index (κ2) is 8.12. The molecule has 0 bridgehead atoms. The van der Waals surface area contributed by atoms with E-state index in [1.165, 1.54) is 30.5 Å². The van der Waals surface area contributed by atoms with Gasteiger partial charge in [0.05, 0.1) is 23.1 Å². The van der Waals surface area contributed by atoms with Crippen LogP contribution in [0.1, 0.15) is 27.2 Å². The molecule has 2 N–H and O–H groups in total. The van der Waals surface area contributed by atoms with Crippen molar-refractivity contribution in [1.82, 2.24) is 4.98 Å². The number of halogens is 3. The lowest BCUT2D eigenvalue weighted by Gasteiger charge is -2.13. The molecule has 0 radical (unpaired) electrons. The average molecular weight is 385 g/mol. The number of nitrogens with zero attached hydrogens (tertiary/aromatic N) is 1. The molecule has 0 saturated carbocycles. The molecule has 4 nitrogen and oxygen atoms in total. The van der Waals surface area contributed by atoms with Crippen LogP contribution in [-0.2, 0) is 12.7 Å². The fraction of sp³-hybridized carbons (Fsp3) is 0.143. The van der Waals surface area contributed by atoms with E-state index < -0.39 is 17.6 Å². The Bertz CT molecular complexity index is 969. The van der Waals surface area contributed by atoms with E-state index in [0.29, 0.717) is 12.2 Å². The van der Waals surface area contributed by atoms with Gasteiger partial charge in [0, 0.05) is 6.54 Å². The van der Waals surface area contributed by atoms with E-state index in [4.69, 9.17) is 0 Å². The van der Waals surface area contributed by atoms with Gasteiger partial charge in [-0.3, -0.25) is 4.79 Å². The largest absolute Gasteiger partial charge is 0.418 e. The van der Waals surface area contributed by atoms with Crippen LogP contribution in [0.2, 0.25) is 0 Å².